The van der Waals surface area contributed by atoms with Gasteiger partial charge in [-0.25, -0.2) is 9.59 Å². The van der Waals surface area contributed by atoms with E-state index in [1.54, 1.807) is 20.8 Å². The Hall–Kier alpha value is -2.61. The maximum absolute atomic E-state index is 12.7. The van der Waals surface area contributed by atoms with Gasteiger partial charge in [0.25, 0.3) is 0 Å². The fourth-order valence-electron chi connectivity index (χ4n) is 4.06. The Morgan fingerprint density at radius 2 is 1.73 bits per heavy atom. The molecule has 1 fully saturated rings. The number of carbonyl (C=O) groups excluding carboxylic acids is 3. The summed E-state index contributed by atoms with van der Waals surface area (Å²) in [6, 6.07) is 8.43. The average Bonchev–Trinajstić information content (AvgIpc) is 2.77. The highest BCUT2D eigenvalue weighted by atomic mass is 16.6. The number of hydrogen-bond donors (Lipinski definition) is 2. The molecule has 0 radical (unpaired) electrons. The van der Waals surface area contributed by atoms with E-state index in [1.807, 2.05) is 18.2 Å². The van der Waals surface area contributed by atoms with Crippen molar-refractivity contribution in [3.8, 4) is 0 Å². The van der Waals surface area contributed by atoms with E-state index in [2.05, 4.69) is 17.4 Å². The number of amides is 1. The van der Waals surface area contributed by atoms with Gasteiger partial charge >= 0.3 is 18.0 Å². The number of nitrogens with one attached hydrogen (secondary N) is 1. The lowest BCUT2D eigenvalue weighted by Crippen LogP contribution is -2.44. The standard InChI is InChI=1S/C25H38N2O6/c1-25(2,3)33-24(30)27-20(23(29)31-4)15-10-14-19(26)22(28)32-21-16-9-8-13-18(21)17-11-6-5-7-12-17/h5-7,11-12,18-21H,8-10,13-16,26H2,1-4H3,(H,27,30)/t18-,19-,20+,21+/m1/s1. The maximum atomic E-state index is 12.7. The Kier molecular flexibility index (Phi) is 10.2. The summed E-state index contributed by atoms with van der Waals surface area (Å²) in [6.45, 7) is 5.21. The van der Waals surface area contributed by atoms with Crippen molar-refractivity contribution in [3.63, 3.8) is 0 Å². The van der Waals surface area contributed by atoms with Crippen LogP contribution < -0.4 is 11.1 Å². The molecule has 0 saturated heterocycles. The first-order chi connectivity index (χ1) is 15.6. The van der Waals surface area contributed by atoms with Gasteiger partial charge in [-0.05, 0) is 64.9 Å². The highest BCUT2D eigenvalue weighted by molar-refractivity contribution is 5.81. The molecule has 4 atom stereocenters. The minimum absolute atomic E-state index is 0.179. The lowest BCUT2D eigenvalue weighted by molar-refractivity contribution is -0.153. The number of ether oxygens (including phenoxy) is 3. The highest BCUT2D eigenvalue weighted by Crippen LogP contribution is 2.35. The van der Waals surface area contributed by atoms with Crippen molar-refractivity contribution in [3.05, 3.63) is 35.9 Å². The zero-order valence-corrected chi connectivity index (χ0v) is 20.2. The topological polar surface area (TPSA) is 117 Å². The zero-order chi connectivity index (χ0) is 24.4. The molecule has 0 aromatic heterocycles. The van der Waals surface area contributed by atoms with Gasteiger partial charge in [0, 0.05) is 5.92 Å². The molecule has 0 bridgehead atoms. The number of carbonyl (C=O) groups is 3. The summed E-state index contributed by atoms with van der Waals surface area (Å²) >= 11 is 0. The van der Waals surface area contributed by atoms with Gasteiger partial charge in [-0.2, -0.15) is 0 Å². The van der Waals surface area contributed by atoms with E-state index in [-0.39, 0.29) is 18.4 Å². The number of methoxy groups -OCH3 is 1. The Labute approximate surface area is 196 Å². The SMILES string of the molecule is COC(=O)[C@H](CCC[C@@H](N)C(=O)O[C@H]1CCCC[C@@H]1c1ccccc1)NC(=O)OC(C)(C)C. The van der Waals surface area contributed by atoms with E-state index in [1.165, 1.54) is 12.7 Å². The molecule has 1 aromatic rings. The first kappa shape index (κ1) is 26.6. The van der Waals surface area contributed by atoms with Crippen molar-refractivity contribution < 1.29 is 28.6 Å². The number of benzene rings is 1. The van der Waals surface area contributed by atoms with E-state index < -0.39 is 35.7 Å². The second-order valence-corrected chi connectivity index (χ2v) is 9.54. The Bertz CT molecular complexity index is 777. The van der Waals surface area contributed by atoms with Crippen LogP contribution in [0.15, 0.2) is 30.3 Å². The van der Waals surface area contributed by atoms with Crippen LogP contribution in [0.3, 0.4) is 0 Å². The summed E-state index contributed by atoms with van der Waals surface area (Å²) in [7, 11) is 1.25. The van der Waals surface area contributed by atoms with Gasteiger partial charge in [-0.15, -0.1) is 0 Å². The largest absolute Gasteiger partial charge is 0.467 e. The summed E-state index contributed by atoms with van der Waals surface area (Å²) in [4.78, 5) is 36.7. The van der Waals surface area contributed by atoms with Gasteiger partial charge in [-0.3, -0.25) is 4.79 Å². The minimum Gasteiger partial charge on any atom is -0.467 e. The second-order valence-electron chi connectivity index (χ2n) is 9.54. The van der Waals surface area contributed by atoms with Gasteiger partial charge < -0.3 is 25.3 Å². The molecular weight excluding hydrogens is 424 g/mol. The molecule has 3 N–H and O–H groups in total. The summed E-state index contributed by atoms with van der Waals surface area (Å²) in [6.07, 6.45) is 4.07. The van der Waals surface area contributed by atoms with Crippen LogP contribution in [0.4, 0.5) is 4.79 Å². The molecule has 8 heteroatoms. The monoisotopic (exact) mass is 462 g/mol. The third-order valence-electron chi connectivity index (χ3n) is 5.69. The van der Waals surface area contributed by atoms with Gasteiger partial charge in [0.1, 0.15) is 23.8 Å². The van der Waals surface area contributed by atoms with E-state index in [0.29, 0.717) is 12.8 Å². The highest BCUT2D eigenvalue weighted by Gasteiger charge is 2.31. The van der Waals surface area contributed by atoms with Gasteiger partial charge in [0.15, 0.2) is 0 Å². The Morgan fingerprint density at radius 3 is 2.36 bits per heavy atom. The van der Waals surface area contributed by atoms with Crippen molar-refractivity contribution in [2.24, 2.45) is 5.73 Å². The van der Waals surface area contributed by atoms with Crippen molar-refractivity contribution in [1.29, 1.82) is 0 Å². The first-order valence-corrected chi connectivity index (χ1v) is 11.7. The molecule has 1 amide bonds. The van der Waals surface area contributed by atoms with Gasteiger partial charge in [0.2, 0.25) is 0 Å². The molecule has 1 aliphatic rings. The number of esters is 2. The number of nitrogens with two attached hydrogens (primary N) is 1. The lowest BCUT2D eigenvalue weighted by atomic mass is 9.81. The predicted octanol–water partition coefficient (Wildman–Crippen LogP) is 3.82. The van der Waals surface area contributed by atoms with Crippen molar-refractivity contribution in [1.82, 2.24) is 5.32 Å². The Balaban J connectivity index is 1.86. The zero-order valence-electron chi connectivity index (χ0n) is 20.2. The maximum Gasteiger partial charge on any atom is 0.408 e. The number of rotatable bonds is 9. The van der Waals surface area contributed by atoms with Crippen LogP contribution in [0.5, 0.6) is 0 Å². The summed E-state index contributed by atoms with van der Waals surface area (Å²) in [5.74, 6) is -0.833. The van der Waals surface area contributed by atoms with Crippen LogP contribution in [0.25, 0.3) is 0 Å². The Morgan fingerprint density at radius 1 is 1.06 bits per heavy atom. The van der Waals surface area contributed by atoms with Crippen LogP contribution in [-0.4, -0.2) is 48.9 Å². The summed E-state index contributed by atoms with van der Waals surface area (Å²) in [5, 5.41) is 2.52. The van der Waals surface area contributed by atoms with Crippen LogP contribution in [-0.2, 0) is 23.8 Å². The molecular formula is C25H38N2O6. The van der Waals surface area contributed by atoms with Crippen molar-refractivity contribution in [2.45, 2.75) is 95.4 Å². The number of hydrogen-bond acceptors (Lipinski definition) is 7. The molecule has 1 aromatic carbocycles. The summed E-state index contributed by atoms with van der Waals surface area (Å²) in [5.41, 5.74) is 6.59. The van der Waals surface area contributed by atoms with Crippen molar-refractivity contribution in [2.75, 3.05) is 7.11 Å². The van der Waals surface area contributed by atoms with Gasteiger partial charge in [-0.1, -0.05) is 36.8 Å². The van der Waals surface area contributed by atoms with E-state index in [0.717, 1.165) is 25.7 Å². The van der Waals surface area contributed by atoms with Crippen LogP contribution in [0, 0.1) is 0 Å². The van der Waals surface area contributed by atoms with Crippen molar-refractivity contribution >= 4 is 18.0 Å². The van der Waals surface area contributed by atoms with Crippen LogP contribution in [0.2, 0.25) is 0 Å². The molecule has 1 saturated carbocycles. The molecule has 0 unspecified atom stereocenters. The number of alkyl carbamates (subject to hydrolysis) is 1. The van der Waals surface area contributed by atoms with Crippen LogP contribution >= 0.6 is 0 Å². The fourth-order valence-corrected chi connectivity index (χ4v) is 4.06. The molecule has 8 nitrogen and oxygen atoms in total. The average molecular weight is 463 g/mol. The molecule has 1 aliphatic carbocycles. The quantitative estimate of drug-likeness (QED) is 0.423. The third-order valence-corrected chi connectivity index (χ3v) is 5.69. The lowest BCUT2D eigenvalue weighted by Gasteiger charge is -2.32. The van der Waals surface area contributed by atoms with Gasteiger partial charge in [0.05, 0.1) is 7.11 Å². The minimum atomic E-state index is -0.881. The molecule has 184 valence electrons. The predicted molar refractivity (Wildman–Crippen MR) is 125 cm³/mol. The molecule has 33 heavy (non-hydrogen) atoms. The summed E-state index contributed by atoms with van der Waals surface area (Å²) < 4.78 is 15.8. The molecule has 2 rings (SSSR count). The molecule has 0 spiro atoms. The fraction of sp³-hybridized carbons (Fsp3) is 0.640. The molecule has 0 aliphatic heterocycles. The normalized spacial score (nSPS) is 20.3. The molecule has 0 heterocycles. The first-order valence-electron chi connectivity index (χ1n) is 11.7. The smallest absolute Gasteiger partial charge is 0.408 e. The van der Waals surface area contributed by atoms with E-state index >= 15 is 0 Å². The van der Waals surface area contributed by atoms with E-state index in [9.17, 15) is 14.4 Å². The second kappa shape index (κ2) is 12.6. The van der Waals surface area contributed by atoms with E-state index in [4.69, 9.17) is 19.9 Å². The third kappa shape index (κ3) is 9.04. The van der Waals surface area contributed by atoms with Crippen LogP contribution in [0.1, 0.15) is 77.2 Å².